The van der Waals surface area contributed by atoms with Crippen LogP contribution in [0.3, 0.4) is 0 Å². The molecule has 6 nitrogen and oxygen atoms in total. The molecule has 2 atom stereocenters. The van der Waals surface area contributed by atoms with Crippen LogP contribution < -0.4 is 5.32 Å². The molecule has 0 radical (unpaired) electrons. The molecule has 0 unspecified atom stereocenters. The average Bonchev–Trinajstić information content (AvgIpc) is 3.29. The summed E-state index contributed by atoms with van der Waals surface area (Å²) in [5.74, 6) is 0.298. The third-order valence-electron chi connectivity index (χ3n) is 4.77. The van der Waals surface area contributed by atoms with E-state index in [0.29, 0.717) is 32.2 Å². The van der Waals surface area contributed by atoms with E-state index in [1.807, 2.05) is 23.6 Å². The lowest BCUT2D eigenvalue weighted by atomic mass is 9.95. The molecule has 6 heteroatoms. The van der Waals surface area contributed by atoms with Gasteiger partial charge in [0.25, 0.3) is 0 Å². The van der Waals surface area contributed by atoms with Crippen molar-refractivity contribution in [2.75, 3.05) is 26.2 Å². The number of carbonyl (C=O) groups is 2. The Balaban J connectivity index is 1.47. The third-order valence-corrected chi connectivity index (χ3v) is 4.77. The summed E-state index contributed by atoms with van der Waals surface area (Å²) in [5.41, 5.74) is 0. The van der Waals surface area contributed by atoms with E-state index >= 15 is 0 Å². The van der Waals surface area contributed by atoms with Gasteiger partial charge >= 0.3 is 6.03 Å². The number of nitrogens with one attached hydrogen (secondary N) is 1. The van der Waals surface area contributed by atoms with Gasteiger partial charge in [0.2, 0.25) is 5.91 Å². The maximum Gasteiger partial charge on any atom is 0.317 e. The molecule has 22 heavy (non-hydrogen) atoms. The van der Waals surface area contributed by atoms with Crippen LogP contribution in [0.4, 0.5) is 4.79 Å². The van der Waals surface area contributed by atoms with E-state index in [4.69, 9.17) is 4.74 Å². The number of urea groups is 1. The quantitative estimate of drug-likeness (QED) is 0.834. The van der Waals surface area contributed by atoms with Crippen LogP contribution in [0.2, 0.25) is 0 Å². The molecule has 2 aliphatic heterocycles. The molecular weight excluding hydrogens is 282 g/mol. The minimum absolute atomic E-state index is 0.0435. The van der Waals surface area contributed by atoms with Crippen LogP contribution in [0.25, 0.3) is 0 Å². The number of nitrogens with zero attached hydrogens (tertiary/aromatic N) is 2. The Kier molecular flexibility index (Phi) is 4.57. The number of likely N-dealkylation sites (tertiary alicyclic amines) is 1. The number of carbonyl (C=O) groups excluding carboxylic acids is 2. The fourth-order valence-corrected chi connectivity index (χ4v) is 3.44. The Morgan fingerprint density at radius 1 is 0.955 bits per heavy atom. The summed E-state index contributed by atoms with van der Waals surface area (Å²) in [7, 11) is 0. The van der Waals surface area contributed by atoms with Crippen LogP contribution >= 0.6 is 0 Å². The summed E-state index contributed by atoms with van der Waals surface area (Å²) in [4.78, 5) is 28.5. The van der Waals surface area contributed by atoms with Crippen molar-refractivity contribution in [2.24, 2.45) is 5.92 Å². The molecule has 124 valence electrons. The van der Waals surface area contributed by atoms with E-state index in [0.717, 1.165) is 25.7 Å². The van der Waals surface area contributed by atoms with Gasteiger partial charge in [-0.05, 0) is 39.5 Å². The van der Waals surface area contributed by atoms with Gasteiger partial charge in [0.05, 0.1) is 12.2 Å². The molecule has 0 spiro atoms. The summed E-state index contributed by atoms with van der Waals surface area (Å²) in [6.45, 7) is 6.77. The fourth-order valence-electron chi connectivity index (χ4n) is 3.44. The number of amides is 3. The molecule has 2 heterocycles. The van der Waals surface area contributed by atoms with Gasteiger partial charge in [0.1, 0.15) is 0 Å². The molecule has 3 amide bonds. The Morgan fingerprint density at radius 2 is 1.55 bits per heavy atom. The van der Waals surface area contributed by atoms with E-state index in [1.54, 1.807) is 0 Å². The molecule has 1 aliphatic carbocycles. The van der Waals surface area contributed by atoms with Gasteiger partial charge in [-0.25, -0.2) is 4.79 Å². The molecule has 3 fully saturated rings. The number of piperidine rings is 1. The molecule has 0 bridgehead atoms. The Hall–Kier alpha value is -1.30. The van der Waals surface area contributed by atoms with Crippen LogP contribution in [0.5, 0.6) is 0 Å². The number of hydrogen-bond donors (Lipinski definition) is 1. The van der Waals surface area contributed by atoms with Crippen molar-refractivity contribution in [1.29, 1.82) is 0 Å². The van der Waals surface area contributed by atoms with E-state index < -0.39 is 0 Å². The summed E-state index contributed by atoms with van der Waals surface area (Å²) in [6, 6.07) is 0.435. The molecular formula is C16H27N3O3. The van der Waals surface area contributed by atoms with Gasteiger partial charge in [-0.2, -0.15) is 0 Å². The first-order valence-electron chi connectivity index (χ1n) is 8.52. The lowest BCUT2D eigenvalue weighted by molar-refractivity contribution is -0.148. The zero-order valence-electron chi connectivity index (χ0n) is 13.6. The Bertz CT molecular complexity index is 420. The molecule has 0 aromatic carbocycles. The Labute approximate surface area is 132 Å². The second kappa shape index (κ2) is 6.44. The van der Waals surface area contributed by atoms with Gasteiger partial charge in [0.15, 0.2) is 0 Å². The summed E-state index contributed by atoms with van der Waals surface area (Å²) < 4.78 is 5.69. The first-order chi connectivity index (χ1) is 10.5. The van der Waals surface area contributed by atoms with Crippen molar-refractivity contribution in [1.82, 2.24) is 15.1 Å². The highest BCUT2D eigenvalue weighted by Crippen LogP contribution is 2.23. The first kappa shape index (κ1) is 15.6. The largest absolute Gasteiger partial charge is 0.372 e. The standard InChI is InChI=1S/C16H27N3O3/c1-11-9-19(10-12(2)22-11)15(20)13-5-7-18(8-6-13)16(21)17-14-3-4-14/h11-14H,3-10H2,1-2H3,(H,17,21)/t11-,12+. The molecule has 0 aromatic rings. The van der Waals surface area contributed by atoms with Gasteiger partial charge in [-0.15, -0.1) is 0 Å². The first-order valence-corrected chi connectivity index (χ1v) is 8.52. The van der Waals surface area contributed by atoms with Crippen molar-refractivity contribution in [3.05, 3.63) is 0 Å². The van der Waals surface area contributed by atoms with Crippen molar-refractivity contribution in [2.45, 2.75) is 57.8 Å². The number of rotatable bonds is 2. The topological polar surface area (TPSA) is 61.9 Å². The van der Waals surface area contributed by atoms with Crippen LogP contribution in [0.1, 0.15) is 39.5 Å². The van der Waals surface area contributed by atoms with Crippen LogP contribution in [-0.2, 0) is 9.53 Å². The second-order valence-electron chi connectivity index (χ2n) is 6.99. The predicted molar refractivity (Wildman–Crippen MR) is 82.4 cm³/mol. The zero-order chi connectivity index (χ0) is 15.7. The Morgan fingerprint density at radius 3 is 2.09 bits per heavy atom. The molecule has 1 N–H and O–H groups in total. The zero-order valence-corrected chi connectivity index (χ0v) is 13.6. The van der Waals surface area contributed by atoms with E-state index in [-0.39, 0.29) is 30.1 Å². The fraction of sp³-hybridized carbons (Fsp3) is 0.875. The highest BCUT2D eigenvalue weighted by atomic mass is 16.5. The summed E-state index contributed by atoms with van der Waals surface area (Å²) in [6.07, 6.45) is 3.98. The minimum Gasteiger partial charge on any atom is -0.372 e. The van der Waals surface area contributed by atoms with Gasteiger partial charge < -0.3 is 19.9 Å². The van der Waals surface area contributed by atoms with Gasteiger partial charge in [-0.1, -0.05) is 0 Å². The molecule has 2 saturated heterocycles. The van der Waals surface area contributed by atoms with Crippen LogP contribution in [0, 0.1) is 5.92 Å². The van der Waals surface area contributed by atoms with Crippen LogP contribution in [-0.4, -0.2) is 66.2 Å². The van der Waals surface area contributed by atoms with E-state index in [2.05, 4.69) is 5.32 Å². The highest BCUT2D eigenvalue weighted by Gasteiger charge is 2.34. The van der Waals surface area contributed by atoms with Crippen molar-refractivity contribution in [3.8, 4) is 0 Å². The lowest BCUT2D eigenvalue weighted by Gasteiger charge is -2.39. The highest BCUT2D eigenvalue weighted by molar-refractivity contribution is 5.80. The number of morpholine rings is 1. The normalized spacial score (nSPS) is 30.3. The van der Waals surface area contributed by atoms with E-state index in [9.17, 15) is 9.59 Å². The van der Waals surface area contributed by atoms with Crippen molar-refractivity contribution in [3.63, 3.8) is 0 Å². The number of ether oxygens (including phenoxy) is 1. The maximum atomic E-state index is 12.7. The molecule has 3 rings (SSSR count). The van der Waals surface area contributed by atoms with E-state index in [1.165, 1.54) is 0 Å². The molecule has 1 saturated carbocycles. The van der Waals surface area contributed by atoms with Crippen molar-refractivity contribution >= 4 is 11.9 Å². The predicted octanol–water partition coefficient (Wildman–Crippen LogP) is 1.21. The van der Waals surface area contributed by atoms with Gasteiger partial charge in [0, 0.05) is 38.1 Å². The van der Waals surface area contributed by atoms with Gasteiger partial charge in [-0.3, -0.25) is 4.79 Å². The lowest BCUT2D eigenvalue weighted by Crippen LogP contribution is -2.52. The molecule has 0 aromatic heterocycles. The SMILES string of the molecule is C[C@@H]1CN(C(=O)C2CCN(C(=O)NC3CC3)CC2)C[C@H](C)O1. The smallest absolute Gasteiger partial charge is 0.317 e. The summed E-state index contributed by atoms with van der Waals surface area (Å²) in [5, 5.41) is 3.02. The minimum atomic E-state index is 0.0435. The van der Waals surface area contributed by atoms with Crippen LogP contribution in [0.15, 0.2) is 0 Å². The molecule has 3 aliphatic rings. The average molecular weight is 309 g/mol. The number of hydrogen-bond acceptors (Lipinski definition) is 3. The third kappa shape index (κ3) is 3.72. The summed E-state index contributed by atoms with van der Waals surface area (Å²) >= 11 is 0. The second-order valence-corrected chi connectivity index (χ2v) is 6.99. The van der Waals surface area contributed by atoms with Crippen molar-refractivity contribution < 1.29 is 14.3 Å². The monoisotopic (exact) mass is 309 g/mol. The maximum absolute atomic E-state index is 12.7.